The van der Waals surface area contributed by atoms with Crippen molar-refractivity contribution >= 4 is 7.12 Å². The van der Waals surface area contributed by atoms with Crippen molar-refractivity contribution in [2.75, 3.05) is 0 Å². The van der Waals surface area contributed by atoms with Crippen molar-refractivity contribution in [1.82, 2.24) is 0 Å². The third kappa shape index (κ3) is 3.23. The second-order valence-corrected chi connectivity index (χ2v) is 2.17. The molecule has 1 aromatic rings. The monoisotopic (exact) mass is 164 g/mol. The minimum absolute atomic E-state index is 0.661. The highest BCUT2D eigenvalue weighted by molar-refractivity contribution is 6.47. The third-order valence-electron chi connectivity index (χ3n) is 1.20. The van der Waals surface area contributed by atoms with Crippen LogP contribution >= 0.6 is 0 Å². The highest BCUT2D eigenvalue weighted by Gasteiger charge is 1.97. The first kappa shape index (κ1) is 8.84. The number of benzene rings is 1. The summed E-state index contributed by atoms with van der Waals surface area (Å²) in [6.07, 6.45) is 1.24. The molecule has 3 nitrogen and oxygen atoms in total. The highest BCUT2D eigenvalue weighted by Crippen LogP contribution is 2.07. The van der Waals surface area contributed by atoms with Crippen LogP contribution in [0.2, 0.25) is 0 Å². The van der Waals surface area contributed by atoms with Gasteiger partial charge in [-0.15, -0.1) is 0 Å². The fraction of sp³-hybridized carbons (Fsp3) is 0. The van der Waals surface area contributed by atoms with Gasteiger partial charge in [-0.3, -0.25) is 0 Å². The minimum atomic E-state index is -1.46. The Bertz CT molecular complexity index is 246. The lowest BCUT2D eigenvalue weighted by molar-refractivity contribution is 0.419. The van der Waals surface area contributed by atoms with Crippen molar-refractivity contribution in [2.45, 2.75) is 0 Å². The van der Waals surface area contributed by atoms with Crippen molar-refractivity contribution in [3.8, 4) is 5.75 Å². The van der Waals surface area contributed by atoms with Crippen LogP contribution in [0.5, 0.6) is 5.75 Å². The molecular weight excluding hydrogens is 155 g/mol. The number of hydrogen-bond donors (Lipinski definition) is 2. The van der Waals surface area contributed by atoms with E-state index >= 15 is 0 Å². The number of para-hydroxylation sites is 1. The summed E-state index contributed by atoms with van der Waals surface area (Å²) < 4.78 is 5.02. The molecule has 0 aromatic heterocycles. The molecule has 0 bridgehead atoms. The maximum atomic E-state index is 8.42. The maximum absolute atomic E-state index is 8.42. The molecule has 62 valence electrons. The number of ether oxygens (including phenoxy) is 1. The van der Waals surface area contributed by atoms with Gasteiger partial charge in [-0.2, -0.15) is 0 Å². The molecule has 1 rings (SSSR count). The summed E-state index contributed by atoms with van der Waals surface area (Å²) in [5.74, 6) is 1.79. The van der Waals surface area contributed by atoms with Gasteiger partial charge in [0.25, 0.3) is 0 Å². The van der Waals surface area contributed by atoms with Crippen molar-refractivity contribution in [3.05, 3.63) is 42.6 Å². The van der Waals surface area contributed by atoms with Crippen molar-refractivity contribution in [1.29, 1.82) is 0 Å². The van der Waals surface area contributed by atoms with Crippen LogP contribution in [0.15, 0.2) is 42.6 Å². The zero-order chi connectivity index (χ0) is 8.81. The quantitative estimate of drug-likeness (QED) is 0.507. The topological polar surface area (TPSA) is 49.7 Å². The lowest BCUT2D eigenvalue weighted by atomic mass is 9.93. The standard InChI is InChI=1S/C8H9BO3/c10-9(11)6-7-12-8-4-2-1-3-5-8/h1-7,10-11H. The Morgan fingerprint density at radius 2 is 1.83 bits per heavy atom. The van der Waals surface area contributed by atoms with Gasteiger partial charge in [0.2, 0.25) is 0 Å². The highest BCUT2D eigenvalue weighted by atomic mass is 16.5. The van der Waals surface area contributed by atoms with E-state index in [9.17, 15) is 0 Å². The van der Waals surface area contributed by atoms with Crippen molar-refractivity contribution in [2.24, 2.45) is 0 Å². The molecule has 0 amide bonds. The summed E-state index contributed by atoms with van der Waals surface area (Å²) in [6, 6.07) is 9.08. The maximum Gasteiger partial charge on any atom is 0.483 e. The molecule has 0 spiro atoms. The molecule has 0 aliphatic carbocycles. The van der Waals surface area contributed by atoms with Crippen LogP contribution in [0.1, 0.15) is 0 Å². The first-order valence-electron chi connectivity index (χ1n) is 3.53. The number of rotatable bonds is 3. The summed E-state index contributed by atoms with van der Waals surface area (Å²) in [4.78, 5) is 0. The van der Waals surface area contributed by atoms with Gasteiger partial charge < -0.3 is 14.8 Å². The Labute approximate surface area is 71.1 Å². The molecule has 0 radical (unpaired) electrons. The van der Waals surface area contributed by atoms with E-state index in [1.165, 1.54) is 6.26 Å². The molecule has 4 heteroatoms. The van der Waals surface area contributed by atoms with Gasteiger partial charge in [-0.25, -0.2) is 0 Å². The zero-order valence-corrected chi connectivity index (χ0v) is 6.42. The Kier molecular flexibility index (Phi) is 3.38. The Balaban J connectivity index is 2.43. The average Bonchev–Trinajstić information content (AvgIpc) is 2.05. The van der Waals surface area contributed by atoms with Crippen LogP contribution in [0.25, 0.3) is 0 Å². The van der Waals surface area contributed by atoms with Gasteiger partial charge >= 0.3 is 7.12 Å². The molecule has 0 saturated carbocycles. The Hall–Kier alpha value is -1.26. The SMILES string of the molecule is OB(O)C=COc1ccccc1. The van der Waals surface area contributed by atoms with Gasteiger partial charge in [0.15, 0.2) is 0 Å². The molecule has 0 heterocycles. The van der Waals surface area contributed by atoms with E-state index in [1.54, 1.807) is 12.1 Å². The first-order valence-corrected chi connectivity index (χ1v) is 3.53. The van der Waals surface area contributed by atoms with Gasteiger partial charge in [0.05, 0.1) is 6.26 Å². The molecule has 2 N–H and O–H groups in total. The van der Waals surface area contributed by atoms with Gasteiger partial charge in [-0.05, 0) is 18.1 Å². The smallest absolute Gasteiger partial charge is 0.466 e. The summed E-state index contributed by atoms with van der Waals surface area (Å²) in [7, 11) is -1.46. The molecule has 1 aromatic carbocycles. The van der Waals surface area contributed by atoms with E-state index in [2.05, 4.69) is 0 Å². The van der Waals surface area contributed by atoms with Crippen molar-refractivity contribution in [3.63, 3.8) is 0 Å². The molecule has 0 unspecified atom stereocenters. The van der Waals surface area contributed by atoms with Crippen LogP contribution in [-0.4, -0.2) is 17.2 Å². The molecule has 0 aliphatic rings. The van der Waals surface area contributed by atoms with E-state index in [1.807, 2.05) is 18.2 Å². The lowest BCUT2D eigenvalue weighted by Gasteiger charge is -1.97. The largest absolute Gasteiger partial charge is 0.483 e. The second-order valence-electron chi connectivity index (χ2n) is 2.17. The molecule has 0 aliphatic heterocycles. The lowest BCUT2D eigenvalue weighted by Crippen LogP contribution is -2.06. The van der Waals surface area contributed by atoms with E-state index in [0.29, 0.717) is 5.75 Å². The summed E-state index contributed by atoms with van der Waals surface area (Å²) in [6.45, 7) is 0. The molecule has 0 atom stereocenters. The predicted molar refractivity (Wildman–Crippen MR) is 46.4 cm³/mol. The second kappa shape index (κ2) is 4.59. The van der Waals surface area contributed by atoms with E-state index in [-0.39, 0.29) is 0 Å². The third-order valence-corrected chi connectivity index (χ3v) is 1.20. The summed E-state index contributed by atoms with van der Waals surface area (Å²) in [5, 5.41) is 16.8. The van der Waals surface area contributed by atoms with Crippen LogP contribution in [0, 0.1) is 0 Å². The first-order chi connectivity index (χ1) is 5.79. The van der Waals surface area contributed by atoms with E-state index < -0.39 is 7.12 Å². The average molecular weight is 164 g/mol. The van der Waals surface area contributed by atoms with Crippen LogP contribution in [-0.2, 0) is 0 Å². The van der Waals surface area contributed by atoms with Crippen LogP contribution in [0.4, 0.5) is 0 Å². The molecule has 0 saturated heterocycles. The zero-order valence-electron chi connectivity index (χ0n) is 6.42. The normalized spacial score (nSPS) is 10.2. The Morgan fingerprint density at radius 1 is 1.17 bits per heavy atom. The van der Waals surface area contributed by atoms with Gasteiger partial charge in [0.1, 0.15) is 5.75 Å². The summed E-state index contributed by atoms with van der Waals surface area (Å²) in [5.41, 5.74) is 0. The minimum Gasteiger partial charge on any atom is -0.466 e. The number of hydrogen-bond acceptors (Lipinski definition) is 3. The molecule has 12 heavy (non-hydrogen) atoms. The molecule has 0 fully saturated rings. The van der Waals surface area contributed by atoms with Gasteiger partial charge in [-0.1, -0.05) is 18.2 Å². The Morgan fingerprint density at radius 3 is 2.42 bits per heavy atom. The van der Waals surface area contributed by atoms with Gasteiger partial charge in [0, 0.05) is 0 Å². The fourth-order valence-corrected chi connectivity index (χ4v) is 0.687. The summed E-state index contributed by atoms with van der Waals surface area (Å²) >= 11 is 0. The van der Waals surface area contributed by atoms with Crippen molar-refractivity contribution < 1.29 is 14.8 Å². The van der Waals surface area contributed by atoms with Crippen LogP contribution in [0.3, 0.4) is 0 Å². The molecular formula is C8H9BO3. The predicted octanol–water partition coefficient (Wildman–Crippen LogP) is 0.591. The van der Waals surface area contributed by atoms with Crippen LogP contribution < -0.4 is 4.74 Å². The fourth-order valence-electron chi connectivity index (χ4n) is 0.687. The van der Waals surface area contributed by atoms with E-state index in [4.69, 9.17) is 14.8 Å². The van der Waals surface area contributed by atoms with E-state index in [0.717, 1.165) is 5.98 Å².